The van der Waals surface area contributed by atoms with Gasteiger partial charge in [-0.15, -0.1) is 11.3 Å². The number of benzene rings is 3. The summed E-state index contributed by atoms with van der Waals surface area (Å²) in [4.78, 5) is 5.24. The van der Waals surface area contributed by atoms with Crippen molar-refractivity contribution in [1.82, 2.24) is 4.68 Å². The normalized spacial score (nSPS) is 12.5. The van der Waals surface area contributed by atoms with Gasteiger partial charge in [0.25, 0.3) is 0 Å². The number of thiazole rings is 1. The molecular formula is C24H23N3O2S. The van der Waals surface area contributed by atoms with Crippen LogP contribution in [0.15, 0.2) is 76.1 Å². The molecule has 0 atom stereocenters. The molecule has 1 aromatic heterocycles. The van der Waals surface area contributed by atoms with Gasteiger partial charge < -0.3 is 9.84 Å². The summed E-state index contributed by atoms with van der Waals surface area (Å²) in [5.41, 5.74) is 3.97. The number of ether oxygens (including phenoxy) is 1. The second-order valence-electron chi connectivity index (χ2n) is 6.81. The van der Waals surface area contributed by atoms with Gasteiger partial charge in [-0.3, -0.25) is 4.99 Å². The fourth-order valence-electron chi connectivity index (χ4n) is 3.36. The second kappa shape index (κ2) is 8.55. The van der Waals surface area contributed by atoms with E-state index in [4.69, 9.17) is 9.84 Å². The molecule has 152 valence electrons. The number of rotatable bonds is 5. The summed E-state index contributed by atoms with van der Waals surface area (Å²) >= 11 is 1.56. The van der Waals surface area contributed by atoms with Crippen molar-refractivity contribution in [2.75, 3.05) is 14.2 Å². The lowest BCUT2D eigenvalue weighted by molar-refractivity contribution is 0.415. The number of aromatic hydroxyl groups is 1. The van der Waals surface area contributed by atoms with Crippen LogP contribution in [-0.4, -0.2) is 29.7 Å². The smallest absolute Gasteiger partial charge is 0.205 e. The summed E-state index contributed by atoms with van der Waals surface area (Å²) < 4.78 is 7.24. The molecule has 0 aliphatic rings. The van der Waals surface area contributed by atoms with Gasteiger partial charge in [-0.1, -0.05) is 25.1 Å². The number of phenols is 1. The molecule has 1 heterocycles. The summed E-state index contributed by atoms with van der Waals surface area (Å²) in [6, 6.07) is 19.6. The minimum Gasteiger partial charge on any atom is -0.508 e. The van der Waals surface area contributed by atoms with Crippen LogP contribution in [0.4, 0.5) is 0 Å². The molecule has 30 heavy (non-hydrogen) atoms. The van der Waals surface area contributed by atoms with E-state index in [1.54, 1.807) is 37.6 Å². The summed E-state index contributed by atoms with van der Waals surface area (Å²) in [7, 11) is 3.46. The van der Waals surface area contributed by atoms with Crippen LogP contribution in [0.25, 0.3) is 22.0 Å². The number of nitrogens with zero attached hydrogens (tertiary/aromatic N) is 3. The van der Waals surface area contributed by atoms with Gasteiger partial charge in [-0.2, -0.15) is 5.10 Å². The summed E-state index contributed by atoms with van der Waals surface area (Å²) in [6.45, 7) is 2.07. The van der Waals surface area contributed by atoms with E-state index in [1.807, 2.05) is 28.9 Å². The van der Waals surface area contributed by atoms with Crippen LogP contribution in [0.1, 0.15) is 18.9 Å². The van der Waals surface area contributed by atoms with Gasteiger partial charge in [0.15, 0.2) is 0 Å². The third-order valence-corrected chi connectivity index (χ3v) is 5.88. The molecule has 0 spiro atoms. The molecule has 4 rings (SSSR count). The predicted octanol–water partition coefficient (Wildman–Crippen LogP) is 5.28. The molecule has 0 unspecified atom stereocenters. The van der Waals surface area contributed by atoms with E-state index in [1.165, 1.54) is 0 Å². The fraction of sp³-hybridized carbons (Fsp3) is 0.167. The maximum Gasteiger partial charge on any atom is 0.205 e. The van der Waals surface area contributed by atoms with Crippen molar-refractivity contribution in [3.63, 3.8) is 0 Å². The quantitative estimate of drug-likeness (QED) is 0.449. The Labute approximate surface area is 179 Å². The lowest BCUT2D eigenvalue weighted by Crippen LogP contribution is -2.14. The van der Waals surface area contributed by atoms with Crippen LogP contribution in [0, 0.1) is 0 Å². The molecule has 0 saturated carbocycles. The Hall–Kier alpha value is -3.38. The van der Waals surface area contributed by atoms with Crippen molar-refractivity contribution in [2.24, 2.45) is 10.1 Å². The van der Waals surface area contributed by atoms with E-state index in [0.717, 1.165) is 50.3 Å². The van der Waals surface area contributed by atoms with Gasteiger partial charge in [0.2, 0.25) is 4.80 Å². The van der Waals surface area contributed by atoms with E-state index in [0.29, 0.717) is 0 Å². The van der Waals surface area contributed by atoms with Crippen molar-refractivity contribution in [3.05, 3.63) is 76.4 Å². The largest absolute Gasteiger partial charge is 0.508 e. The highest BCUT2D eigenvalue weighted by Crippen LogP contribution is 2.27. The van der Waals surface area contributed by atoms with Gasteiger partial charge in [0, 0.05) is 18.0 Å². The highest BCUT2D eigenvalue weighted by molar-refractivity contribution is 7.07. The lowest BCUT2D eigenvalue weighted by Gasteiger charge is -2.09. The first-order valence-corrected chi connectivity index (χ1v) is 10.6. The van der Waals surface area contributed by atoms with Crippen molar-refractivity contribution in [1.29, 1.82) is 0 Å². The minimum absolute atomic E-state index is 0.245. The van der Waals surface area contributed by atoms with Crippen molar-refractivity contribution < 1.29 is 9.84 Å². The SMILES string of the molecule is CCC(=Nn1c(-c2ccc3cc(OC)ccc3c2)csc1=NC)c1ccc(O)cc1. The molecule has 4 aromatic rings. The highest BCUT2D eigenvalue weighted by atomic mass is 32.1. The van der Waals surface area contributed by atoms with Gasteiger partial charge in [0.1, 0.15) is 11.5 Å². The van der Waals surface area contributed by atoms with Crippen molar-refractivity contribution >= 4 is 27.8 Å². The number of hydrogen-bond acceptors (Lipinski definition) is 5. The predicted molar refractivity (Wildman–Crippen MR) is 124 cm³/mol. The Balaban J connectivity index is 1.84. The fourth-order valence-corrected chi connectivity index (χ4v) is 4.16. The zero-order valence-electron chi connectivity index (χ0n) is 17.2. The maximum atomic E-state index is 9.60. The van der Waals surface area contributed by atoms with Gasteiger partial charge >= 0.3 is 0 Å². The first-order chi connectivity index (χ1) is 14.6. The van der Waals surface area contributed by atoms with Gasteiger partial charge in [-0.05, 0) is 65.2 Å². The first kappa shape index (κ1) is 19.9. The average Bonchev–Trinajstić information content (AvgIpc) is 3.20. The average molecular weight is 418 g/mol. The number of methoxy groups -OCH3 is 1. The molecule has 0 radical (unpaired) electrons. The van der Waals surface area contributed by atoms with Crippen LogP contribution in [0.3, 0.4) is 0 Å². The first-order valence-electron chi connectivity index (χ1n) is 9.71. The minimum atomic E-state index is 0.245. The van der Waals surface area contributed by atoms with E-state index in [-0.39, 0.29) is 5.75 Å². The van der Waals surface area contributed by atoms with Gasteiger partial charge in [0.05, 0.1) is 18.5 Å². The highest BCUT2D eigenvalue weighted by Gasteiger charge is 2.11. The molecule has 3 aromatic carbocycles. The summed E-state index contributed by atoms with van der Waals surface area (Å²) in [6.07, 6.45) is 0.758. The maximum absolute atomic E-state index is 9.60. The van der Waals surface area contributed by atoms with E-state index in [2.05, 4.69) is 41.6 Å². The van der Waals surface area contributed by atoms with Crippen LogP contribution in [-0.2, 0) is 0 Å². The van der Waals surface area contributed by atoms with Crippen LogP contribution in [0.2, 0.25) is 0 Å². The van der Waals surface area contributed by atoms with E-state index < -0.39 is 0 Å². The molecule has 0 aliphatic carbocycles. The Bertz CT molecular complexity index is 1280. The van der Waals surface area contributed by atoms with E-state index in [9.17, 15) is 5.11 Å². The third-order valence-electron chi connectivity index (χ3n) is 4.98. The lowest BCUT2D eigenvalue weighted by atomic mass is 10.1. The van der Waals surface area contributed by atoms with Crippen LogP contribution >= 0.6 is 11.3 Å². The van der Waals surface area contributed by atoms with Crippen LogP contribution < -0.4 is 9.54 Å². The zero-order valence-corrected chi connectivity index (χ0v) is 18.0. The molecule has 6 heteroatoms. The molecule has 0 bridgehead atoms. The topological polar surface area (TPSA) is 59.1 Å². The second-order valence-corrected chi connectivity index (χ2v) is 7.65. The summed E-state index contributed by atoms with van der Waals surface area (Å²) in [5.74, 6) is 1.09. The number of phenolic OH excluding ortho intramolecular Hbond substituents is 1. The number of aromatic nitrogens is 1. The third kappa shape index (κ3) is 3.86. The van der Waals surface area contributed by atoms with Crippen molar-refractivity contribution in [2.45, 2.75) is 13.3 Å². The van der Waals surface area contributed by atoms with Gasteiger partial charge in [-0.25, -0.2) is 4.68 Å². The van der Waals surface area contributed by atoms with Crippen molar-refractivity contribution in [3.8, 4) is 22.8 Å². The molecule has 0 amide bonds. The van der Waals surface area contributed by atoms with Crippen LogP contribution in [0.5, 0.6) is 11.5 Å². The Kier molecular flexibility index (Phi) is 5.68. The molecule has 0 fully saturated rings. The molecule has 5 nitrogen and oxygen atoms in total. The number of fused-ring (bicyclic) bond motifs is 1. The molecular weight excluding hydrogens is 394 g/mol. The summed E-state index contributed by atoms with van der Waals surface area (Å²) in [5, 5.41) is 18.9. The standard InChI is InChI=1S/C24H23N3O2S/c1-4-22(16-7-10-20(28)11-8-16)26-27-23(15-30-24(27)25-2)19-6-5-18-14-21(29-3)12-9-17(18)13-19/h5-15,28H,4H2,1-3H3. The Morgan fingerprint density at radius 2 is 1.77 bits per heavy atom. The molecule has 1 N–H and O–H groups in total. The zero-order chi connectivity index (χ0) is 21.1. The monoisotopic (exact) mass is 417 g/mol. The molecule has 0 aliphatic heterocycles. The Morgan fingerprint density at radius 1 is 1.03 bits per heavy atom. The Morgan fingerprint density at radius 3 is 2.47 bits per heavy atom. The van der Waals surface area contributed by atoms with E-state index >= 15 is 0 Å². The molecule has 0 saturated heterocycles. The number of hydrogen-bond donors (Lipinski definition) is 1.